The van der Waals surface area contributed by atoms with E-state index in [4.69, 9.17) is 4.74 Å². The zero-order valence-corrected chi connectivity index (χ0v) is 17.4. The summed E-state index contributed by atoms with van der Waals surface area (Å²) in [5, 5.41) is 2.79. The van der Waals surface area contributed by atoms with Gasteiger partial charge in [0.25, 0.3) is 5.24 Å². The van der Waals surface area contributed by atoms with Crippen LogP contribution in [-0.4, -0.2) is 49.7 Å². The van der Waals surface area contributed by atoms with E-state index in [1.807, 2.05) is 18.2 Å². The third-order valence-electron chi connectivity index (χ3n) is 4.55. The zero-order chi connectivity index (χ0) is 21.0. The van der Waals surface area contributed by atoms with Crippen LogP contribution in [-0.2, 0) is 9.59 Å². The average Bonchev–Trinajstić information content (AvgIpc) is 3.11. The van der Waals surface area contributed by atoms with Gasteiger partial charge in [-0.25, -0.2) is 0 Å². The van der Waals surface area contributed by atoms with Gasteiger partial charge in [-0.05, 0) is 48.2 Å². The van der Waals surface area contributed by atoms with Crippen molar-refractivity contribution in [1.29, 1.82) is 0 Å². The number of methoxy groups -OCH3 is 1. The number of nitrogens with zero attached hydrogens (tertiary/aromatic N) is 2. The first-order valence-corrected chi connectivity index (χ1v) is 9.93. The van der Waals surface area contributed by atoms with Crippen molar-refractivity contribution >= 4 is 40.2 Å². The van der Waals surface area contributed by atoms with Crippen molar-refractivity contribution in [2.75, 3.05) is 38.0 Å². The number of nitrogens with one attached hydrogen (secondary N) is 1. The van der Waals surface area contributed by atoms with Gasteiger partial charge >= 0.3 is 0 Å². The van der Waals surface area contributed by atoms with Gasteiger partial charge in [0, 0.05) is 49.4 Å². The minimum atomic E-state index is -0.432. The second-order valence-corrected chi connectivity index (χ2v) is 7.91. The normalized spacial score (nSPS) is 15.9. The van der Waals surface area contributed by atoms with Gasteiger partial charge < -0.3 is 19.9 Å². The number of rotatable bonds is 5. The van der Waals surface area contributed by atoms with Gasteiger partial charge in [-0.3, -0.25) is 14.4 Å². The third kappa shape index (κ3) is 5.08. The van der Waals surface area contributed by atoms with Crippen molar-refractivity contribution in [2.45, 2.75) is 11.3 Å². The minimum absolute atomic E-state index is 0.0658. The fourth-order valence-electron chi connectivity index (χ4n) is 2.95. The van der Waals surface area contributed by atoms with E-state index in [1.165, 1.54) is 4.90 Å². The van der Waals surface area contributed by atoms with Crippen molar-refractivity contribution in [2.24, 2.45) is 5.92 Å². The molecule has 8 heteroatoms. The van der Waals surface area contributed by atoms with Gasteiger partial charge in [0.1, 0.15) is 5.75 Å². The molecule has 152 valence electrons. The summed E-state index contributed by atoms with van der Waals surface area (Å²) in [5.41, 5.74) is 1.35. The van der Waals surface area contributed by atoms with Gasteiger partial charge in [0.15, 0.2) is 0 Å². The molecular weight excluding hydrogens is 390 g/mol. The molecule has 2 aromatic carbocycles. The smallest absolute Gasteiger partial charge is 0.285 e. The maximum absolute atomic E-state index is 12.6. The number of hydrogen-bond acceptors (Lipinski definition) is 5. The van der Waals surface area contributed by atoms with Crippen molar-refractivity contribution in [3.8, 4) is 5.75 Å². The molecule has 0 bridgehead atoms. The fraction of sp³-hybridized carbons (Fsp3) is 0.286. The Labute approximate surface area is 174 Å². The van der Waals surface area contributed by atoms with Crippen molar-refractivity contribution < 1.29 is 19.1 Å². The highest BCUT2D eigenvalue weighted by atomic mass is 32.2. The third-order valence-corrected chi connectivity index (χ3v) is 5.60. The van der Waals surface area contributed by atoms with Crippen LogP contribution in [0.15, 0.2) is 53.4 Å². The Morgan fingerprint density at radius 1 is 1.17 bits per heavy atom. The molecule has 1 fully saturated rings. The highest BCUT2D eigenvalue weighted by Crippen LogP contribution is 2.29. The monoisotopic (exact) mass is 413 g/mol. The highest BCUT2D eigenvalue weighted by molar-refractivity contribution is 8.13. The number of carbonyl (C=O) groups excluding carboxylic acids is 3. The molecule has 1 atom stereocenters. The van der Waals surface area contributed by atoms with Gasteiger partial charge in [0.05, 0.1) is 13.0 Å². The molecule has 0 radical (unpaired) electrons. The van der Waals surface area contributed by atoms with Crippen LogP contribution in [0, 0.1) is 5.92 Å². The molecule has 1 saturated heterocycles. The molecular formula is C21H23N3O4S. The van der Waals surface area contributed by atoms with Gasteiger partial charge in [-0.2, -0.15) is 0 Å². The second-order valence-electron chi connectivity index (χ2n) is 6.88. The first-order valence-electron chi connectivity index (χ1n) is 9.12. The molecule has 1 N–H and O–H groups in total. The van der Waals surface area contributed by atoms with E-state index >= 15 is 0 Å². The Morgan fingerprint density at radius 3 is 2.55 bits per heavy atom. The van der Waals surface area contributed by atoms with Crippen LogP contribution in [0.5, 0.6) is 5.75 Å². The van der Waals surface area contributed by atoms with Crippen LogP contribution in [0.3, 0.4) is 0 Å². The van der Waals surface area contributed by atoms with Crippen LogP contribution < -0.4 is 15.0 Å². The number of benzene rings is 2. The summed E-state index contributed by atoms with van der Waals surface area (Å²) in [7, 11) is 4.96. The van der Waals surface area contributed by atoms with E-state index in [9.17, 15) is 14.4 Å². The highest BCUT2D eigenvalue weighted by Gasteiger charge is 2.35. The lowest BCUT2D eigenvalue weighted by atomic mass is 10.1. The molecule has 0 saturated carbocycles. The molecule has 0 aliphatic carbocycles. The van der Waals surface area contributed by atoms with E-state index in [-0.39, 0.29) is 23.5 Å². The molecule has 29 heavy (non-hydrogen) atoms. The van der Waals surface area contributed by atoms with E-state index in [2.05, 4.69) is 5.32 Å². The lowest BCUT2D eigenvalue weighted by molar-refractivity contribution is -0.122. The van der Waals surface area contributed by atoms with Gasteiger partial charge in [0.2, 0.25) is 11.8 Å². The van der Waals surface area contributed by atoms with E-state index in [0.29, 0.717) is 18.0 Å². The van der Waals surface area contributed by atoms with Crippen LogP contribution >= 0.6 is 11.8 Å². The van der Waals surface area contributed by atoms with E-state index in [1.54, 1.807) is 56.4 Å². The largest absolute Gasteiger partial charge is 0.497 e. The summed E-state index contributed by atoms with van der Waals surface area (Å²) in [6, 6.07) is 14.3. The number of thioether (sulfide) groups is 1. The zero-order valence-electron chi connectivity index (χ0n) is 16.5. The number of anilines is 2. The lowest BCUT2D eigenvalue weighted by Gasteiger charge is -2.17. The SMILES string of the molecule is COc1cccc(N2CC(C(=O)Nc3ccc(SC(=O)N(C)C)cc3)CC2=O)c1. The fourth-order valence-corrected chi connectivity index (χ4v) is 3.61. The van der Waals surface area contributed by atoms with Crippen molar-refractivity contribution in [3.63, 3.8) is 0 Å². The quantitative estimate of drug-likeness (QED) is 0.760. The van der Waals surface area contributed by atoms with Gasteiger partial charge in [-0.1, -0.05) is 6.07 Å². The molecule has 7 nitrogen and oxygen atoms in total. The van der Waals surface area contributed by atoms with E-state index in [0.717, 1.165) is 22.3 Å². The Morgan fingerprint density at radius 2 is 1.90 bits per heavy atom. The van der Waals surface area contributed by atoms with E-state index < -0.39 is 5.92 Å². The second kappa shape index (κ2) is 9.00. The molecule has 1 unspecified atom stereocenters. The van der Waals surface area contributed by atoms with Crippen molar-refractivity contribution in [3.05, 3.63) is 48.5 Å². The summed E-state index contributed by atoms with van der Waals surface area (Å²) in [5.74, 6) is -0.0622. The predicted molar refractivity (Wildman–Crippen MR) is 113 cm³/mol. The maximum atomic E-state index is 12.6. The van der Waals surface area contributed by atoms with Crippen LogP contribution in [0.4, 0.5) is 16.2 Å². The van der Waals surface area contributed by atoms with Crippen LogP contribution in [0.2, 0.25) is 0 Å². The number of amides is 3. The molecule has 1 heterocycles. The lowest BCUT2D eigenvalue weighted by Crippen LogP contribution is -2.28. The summed E-state index contributed by atoms with van der Waals surface area (Å²) in [6.45, 7) is 0.323. The Bertz CT molecular complexity index is 914. The minimum Gasteiger partial charge on any atom is -0.497 e. The Balaban J connectivity index is 1.61. The number of carbonyl (C=O) groups is 3. The maximum Gasteiger partial charge on any atom is 0.285 e. The molecule has 0 aromatic heterocycles. The molecule has 2 aromatic rings. The molecule has 3 rings (SSSR count). The summed E-state index contributed by atoms with van der Waals surface area (Å²) >= 11 is 1.12. The molecule has 3 amide bonds. The standard InChI is InChI=1S/C21H23N3O4S/c1-23(2)21(27)29-18-9-7-15(8-10-18)22-20(26)14-11-19(25)24(13-14)16-5-4-6-17(12-16)28-3/h4-10,12,14H,11,13H2,1-3H3,(H,22,26). The predicted octanol–water partition coefficient (Wildman–Crippen LogP) is 3.46. The summed E-state index contributed by atoms with van der Waals surface area (Å²) in [6.07, 6.45) is 0.161. The average molecular weight is 413 g/mol. The first-order chi connectivity index (χ1) is 13.9. The van der Waals surface area contributed by atoms with Crippen LogP contribution in [0.1, 0.15) is 6.42 Å². The Hall–Kier alpha value is -3.00. The van der Waals surface area contributed by atoms with Crippen LogP contribution in [0.25, 0.3) is 0 Å². The number of ether oxygens (including phenoxy) is 1. The van der Waals surface area contributed by atoms with Crippen molar-refractivity contribution in [1.82, 2.24) is 4.90 Å². The topological polar surface area (TPSA) is 79.0 Å². The first kappa shape index (κ1) is 20.7. The number of hydrogen-bond donors (Lipinski definition) is 1. The van der Waals surface area contributed by atoms with Gasteiger partial charge in [-0.15, -0.1) is 0 Å². The molecule has 0 spiro atoms. The summed E-state index contributed by atoms with van der Waals surface area (Å²) in [4.78, 5) is 40.7. The Kier molecular flexibility index (Phi) is 6.43. The molecule has 1 aliphatic rings. The summed E-state index contributed by atoms with van der Waals surface area (Å²) < 4.78 is 5.21. The molecule has 1 aliphatic heterocycles.